The number of alkyl halides is 7. The second-order valence-corrected chi connectivity index (χ2v) is 3.69. The van der Waals surface area contributed by atoms with Gasteiger partial charge in [-0.15, -0.1) is 0 Å². The Morgan fingerprint density at radius 1 is 0.944 bits per heavy atom. The lowest BCUT2D eigenvalue weighted by molar-refractivity contribution is -0.347. The van der Waals surface area contributed by atoms with Crippen molar-refractivity contribution in [2.45, 2.75) is 50.6 Å². The molecule has 0 atom stereocenters. The summed E-state index contributed by atoms with van der Waals surface area (Å²) in [6.07, 6.45) is -5.31. The summed E-state index contributed by atoms with van der Waals surface area (Å²) in [5, 5.41) is 0. The van der Waals surface area contributed by atoms with Gasteiger partial charge in [0, 0.05) is 0 Å². The summed E-state index contributed by atoms with van der Waals surface area (Å²) in [4.78, 5) is 0. The van der Waals surface area contributed by atoms with E-state index < -0.39 is 23.8 Å². The average molecular weight is 284 g/mol. The molecule has 0 saturated carbocycles. The molecule has 0 aromatic carbocycles. The van der Waals surface area contributed by atoms with E-state index in [1.165, 1.54) is 0 Å². The van der Waals surface area contributed by atoms with Crippen LogP contribution in [0.15, 0.2) is 11.9 Å². The fraction of sp³-hybridized carbons (Fsp3) is 0.800. The van der Waals surface area contributed by atoms with Crippen molar-refractivity contribution in [1.82, 2.24) is 0 Å². The maximum atomic E-state index is 12.8. The monoisotopic (exact) mass is 284 g/mol. The molecule has 0 amide bonds. The van der Waals surface area contributed by atoms with Gasteiger partial charge in [0.1, 0.15) is 0 Å². The summed E-state index contributed by atoms with van der Waals surface area (Å²) in [6.45, 7) is 1.76. The van der Waals surface area contributed by atoms with Crippen LogP contribution in [-0.2, 0) is 0 Å². The van der Waals surface area contributed by atoms with Crippen molar-refractivity contribution in [2.75, 3.05) is 0 Å². The van der Waals surface area contributed by atoms with Crippen LogP contribution in [0.1, 0.15) is 32.6 Å². The predicted molar refractivity (Wildman–Crippen MR) is 49.3 cm³/mol. The van der Waals surface area contributed by atoms with Gasteiger partial charge in [-0.25, -0.2) is 4.39 Å². The minimum Gasteiger partial charge on any atom is -0.205 e. The van der Waals surface area contributed by atoms with E-state index in [0.717, 1.165) is 0 Å². The van der Waals surface area contributed by atoms with Crippen molar-refractivity contribution in [3.63, 3.8) is 0 Å². The zero-order valence-corrected chi connectivity index (χ0v) is 9.43. The van der Waals surface area contributed by atoms with Crippen LogP contribution in [0.4, 0.5) is 35.1 Å². The molecule has 8 heteroatoms. The summed E-state index contributed by atoms with van der Waals surface area (Å²) < 4.78 is 98.0. The molecule has 0 unspecified atom stereocenters. The largest absolute Gasteiger partial charge is 0.460 e. The summed E-state index contributed by atoms with van der Waals surface area (Å²) in [5.74, 6) is -15.1. The van der Waals surface area contributed by atoms with E-state index in [-0.39, 0.29) is 18.9 Å². The van der Waals surface area contributed by atoms with E-state index in [1.54, 1.807) is 6.92 Å². The van der Waals surface area contributed by atoms with Gasteiger partial charge in [0.05, 0.1) is 0 Å². The van der Waals surface area contributed by atoms with Gasteiger partial charge in [-0.2, -0.15) is 30.7 Å². The Morgan fingerprint density at radius 2 is 1.44 bits per heavy atom. The molecule has 108 valence electrons. The first-order chi connectivity index (χ1) is 7.98. The summed E-state index contributed by atoms with van der Waals surface area (Å²) in [7, 11) is 0. The predicted octanol–water partition coefficient (Wildman–Crippen LogP) is 5.25. The third-order valence-electron chi connectivity index (χ3n) is 2.18. The average Bonchev–Trinajstić information content (AvgIpc) is 2.22. The lowest BCUT2D eigenvalue weighted by atomic mass is 10.1. The van der Waals surface area contributed by atoms with Crippen molar-refractivity contribution in [1.29, 1.82) is 0 Å². The van der Waals surface area contributed by atoms with Crippen LogP contribution < -0.4 is 0 Å². The molecule has 0 bridgehead atoms. The minimum absolute atomic E-state index is 0.0787. The number of hydrogen-bond acceptors (Lipinski definition) is 0. The summed E-state index contributed by atoms with van der Waals surface area (Å²) in [5.41, 5.74) is 0. The van der Waals surface area contributed by atoms with E-state index in [1.807, 2.05) is 0 Å². The van der Waals surface area contributed by atoms with E-state index in [9.17, 15) is 35.1 Å². The first-order valence-corrected chi connectivity index (χ1v) is 5.17. The number of hydrogen-bond donors (Lipinski definition) is 0. The zero-order valence-electron chi connectivity index (χ0n) is 9.43. The normalized spacial score (nSPS) is 15.1. The van der Waals surface area contributed by atoms with Gasteiger partial charge < -0.3 is 0 Å². The van der Waals surface area contributed by atoms with Crippen LogP contribution in [-0.4, -0.2) is 18.0 Å². The summed E-state index contributed by atoms with van der Waals surface area (Å²) >= 11 is 0. The maximum absolute atomic E-state index is 12.8. The third kappa shape index (κ3) is 3.58. The van der Waals surface area contributed by atoms with E-state index in [2.05, 4.69) is 0 Å². The molecule has 0 fully saturated rings. The Morgan fingerprint density at radius 3 is 1.83 bits per heavy atom. The van der Waals surface area contributed by atoms with Crippen molar-refractivity contribution < 1.29 is 35.1 Å². The standard InChI is InChI=1S/C10H12F8/c1-2-3-4-5-6-7(11)8(12,13)9(14,15)10(16,17)18/h6H,2-5H2,1H3/b7-6-. The smallest absolute Gasteiger partial charge is 0.205 e. The van der Waals surface area contributed by atoms with E-state index in [0.29, 0.717) is 12.8 Å². The van der Waals surface area contributed by atoms with Gasteiger partial charge in [-0.1, -0.05) is 19.8 Å². The molecular formula is C10H12F8. The fourth-order valence-electron chi connectivity index (χ4n) is 1.08. The molecule has 0 aliphatic rings. The van der Waals surface area contributed by atoms with Crippen LogP contribution in [0.2, 0.25) is 0 Å². The number of unbranched alkanes of at least 4 members (excludes halogenated alkanes) is 3. The highest BCUT2D eigenvalue weighted by atomic mass is 19.4. The highest BCUT2D eigenvalue weighted by Gasteiger charge is 2.74. The molecule has 0 aliphatic carbocycles. The van der Waals surface area contributed by atoms with Crippen molar-refractivity contribution >= 4 is 0 Å². The third-order valence-corrected chi connectivity index (χ3v) is 2.18. The Hall–Kier alpha value is -0.820. The van der Waals surface area contributed by atoms with Crippen molar-refractivity contribution in [3.05, 3.63) is 11.9 Å². The highest BCUT2D eigenvalue weighted by Crippen LogP contribution is 2.50. The molecule has 18 heavy (non-hydrogen) atoms. The maximum Gasteiger partial charge on any atom is 0.460 e. The van der Waals surface area contributed by atoms with Crippen LogP contribution >= 0.6 is 0 Å². The molecule has 0 nitrogen and oxygen atoms in total. The zero-order chi connectivity index (χ0) is 14.6. The van der Waals surface area contributed by atoms with E-state index in [4.69, 9.17) is 0 Å². The molecule has 0 spiro atoms. The molecule has 0 aliphatic heterocycles. The van der Waals surface area contributed by atoms with Gasteiger partial charge in [-0.3, -0.25) is 0 Å². The van der Waals surface area contributed by atoms with Crippen LogP contribution in [0, 0.1) is 0 Å². The van der Waals surface area contributed by atoms with Crippen LogP contribution in [0.3, 0.4) is 0 Å². The van der Waals surface area contributed by atoms with Gasteiger partial charge >= 0.3 is 18.0 Å². The molecule has 0 radical (unpaired) electrons. The van der Waals surface area contributed by atoms with E-state index >= 15 is 0 Å². The lowest BCUT2D eigenvalue weighted by Crippen LogP contribution is -2.52. The first kappa shape index (κ1) is 17.2. The number of allylic oxidation sites excluding steroid dienone is 2. The van der Waals surface area contributed by atoms with Crippen molar-refractivity contribution in [3.8, 4) is 0 Å². The minimum atomic E-state index is -6.51. The molecule has 0 aromatic heterocycles. The molecule has 0 N–H and O–H groups in total. The molecule has 0 aromatic rings. The van der Waals surface area contributed by atoms with Gasteiger partial charge in [0.15, 0.2) is 5.83 Å². The SMILES string of the molecule is CCCCC/C=C(\F)C(F)(F)C(F)(F)C(F)(F)F. The quantitative estimate of drug-likeness (QED) is 0.461. The molecule has 0 rings (SSSR count). The van der Waals surface area contributed by atoms with Crippen LogP contribution in [0.25, 0.3) is 0 Å². The Labute approximate surface area is 98.7 Å². The Kier molecular flexibility index (Phi) is 5.61. The topological polar surface area (TPSA) is 0 Å². The van der Waals surface area contributed by atoms with Gasteiger partial charge in [0.25, 0.3) is 0 Å². The lowest BCUT2D eigenvalue weighted by Gasteiger charge is -2.26. The second-order valence-electron chi connectivity index (χ2n) is 3.69. The number of rotatable bonds is 6. The first-order valence-electron chi connectivity index (χ1n) is 5.17. The Balaban J connectivity index is 4.91. The van der Waals surface area contributed by atoms with Gasteiger partial charge in [-0.05, 0) is 18.9 Å². The van der Waals surface area contributed by atoms with Gasteiger partial charge in [0.2, 0.25) is 0 Å². The fourth-order valence-corrected chi connectivity index (χ4v) is 1.08. The molecule has 0 saturated heterocycles. The van der Waals surface area contributed by atoms with Crippen LogP contribution in [0.5, 0.6) is 0 Å². The Bertz CT molecular complexity index is 289. The number of halogens is 8. The second kappa shape index (κ2) is 5.88. The molecular weight excluding hydrogens is 272 g/mol. The highest BCUT2D eigenvalue weighted by molar-refractivity contribution is 5.12. The molecule has 0 heterocycles. The van der Waals surface area contributed by atoms with Crippen molar-refractivity contribution in [2.24, 2.45) is 0 Å². The summed E-state index contributed by atoms with van der Waals surface area (Å²) in [6, 6.07) is 0.